The number of likely N-dealkylation sites (tertiary alicyclic amines) is 1. The second-order valence-corrected chi connectivity index (χ2v) is 9.60. The van der Waals surface area contributed by atoms with Crippen molar-refractivity contribution < 1.29 is 9.53 Å². The predicted molar refractivity (Wildman–Crippen MR) is 138 cm³/mol. The van der Waals surface area contributed by atoms with Crippen molar-refractivity contribution in [3.63, 3.8) is 0 Å². The highest BCUT2D eigenvalue weighted by Crippen LogP contribution is 2.26. The van der Waals surface area contributed by atoms with Crippen molar-refractivity contribution in [2.45, 2.75) is 64.5 Å². The summed E-state index contributed by atoms with van der Waals surface area (Å²) in [6.45, 7) is 5.71. The average Bonchev–Trinajstić information content (AvgIpc) is 3.20. The molecule has 1 amide bonds. The molecule has 3 aromatic rings. The fourth-order valence-electron chi connectivity index (χ4n) is 4.84. The van der Waals surface area contributed by atoms with E-state index in [0.717, 1.165) is 29.6 Å². The molecule has 0 spiro atoms. The van der Waals surface area contributed by atoms with Crippen LogP contribution >= 0.6 is 12.2 Å². The van der Waals surface area contributed by atoms with Gasteiger partial charge >= 0.3 is 0 Å². The van der Waals surface area contributed by atoms with E-state index >= 15 is 0 Å². The van der Waals surface area contributed by atoms with Crippen molar-refractivity contribution in [1.82, 2.24) is 24.8 Å². The number of unbranched alkanes of at least 4 members (excludes halogenated alkanes) is 1. The second-order valence-electron chi connectivity index (χ2n) is 9.21. The SMILES string of the molecule is COc1ccc2[nH]c3c(=O)n(CCCCC(=O)NCCCN4CCCC[C@@H]4C)c(=S)[nH]c3c2c1. The number of aromatic amines is 2. The molecule has 1 atom stereocenters. The zero-order chi connectivity index (χ0) is 24.1. The molecule has 184 valence electrons. The third-order valence-electron chi connectivity index (χ3n) is 6.86. The lowest BCUT2D eigenvalue weighted by molar-refractivity contribution is -0.121. The molecule has 8 nitrogen and oxygen atoms in total. The first kappa shape index (κ1) is 24.5. The Morgan fingerprint density at radius 1 is 1.18 bits per heavy atom. The molecule has 0 bridgehead atoms. The number of aromatic nitrogens is 3. The number of nitrogens with one attached hydrogen (secondary N) is 3. The molecule has 2 aromatic heterocycles. The van der Waals surface area contributed by atoms with E-state index in [2.05, 4.69) is 27.1 Å². The number of hydrogen-bond donors (Lipinski definition) is 3. The molecule has 1 aliphatic heterocycles. The lowest BCUT2D eigenvalue weighted by atomic mass is 10.0. The number of amides is 1. The number of ether oxygens (including phenoxy) is 1. The normalized spacial score (nSPS) is 16.8. The fraction of sp³-hybridized carbons (Fsp3) is 0.560. The van der Waals surface area contributed by atoms with Gasteiger partial charge in [-0.05, 0) is 76.0 Å². The van der Waals surface area contributed by atoms with Gasteiger partial charge in [-0.1, -0.05) is 6.42 Å². The number of H-pyrrole nitrogens is 2. The molecule has 0 unspecified atom stereocenters. The molecule has 1 saturated heterocycles. The van der Waals surface area contributed by atoms with Gasteiger partial charge in [-0.15, -0.1) is 0 Å². The molecule has 3 heterocycles. The van der Waals surface area contributed by atoms with Crippen molar-refractivity contribution in [2.24, 2.45) is 0 Å². The first-order valence-corrected chi connectivity index (χ1v) is 12.7. The predicted octanol–water partition coefficient (Wildman–Crippen LogP) is 4.10. The van der Waals surface area contributed by atoms with Gasteiger partial charge in [-0.3, -0.25) is 14.2 Å². The van der Waals surface area contributed by atoms with E-state index in [1.54, 1.807) is 11.7 Å². The number of carbonyl (C=O) groups excluding carboxylic acids is 1. The van der Waals surface area contributed by atoms with Gasteiger partial charge < -0.3 is 24.9 Å². The molecule has 1 fully saturated rings. The molecule has 3 N–H and O–H groups in total. The average molecular weight is 486 g/mol. The van der Waals surface area contributed by atoms with Gasteiger partial charge in [-0.25, -0.2) is 0 Å². The van der Waals surface area contributed by atoms with Crippen LogP contribution in [0.2, 0.25) is 0 Å². The van der Waals surface area contributed by atoms with E-state index in [1.807, 2.05) is 18.2 Å². The molecule has 0 aliphatic carbocycles. The Bertz CT molecular complexity index is 1260. The van der Waals surface area contributed by atoms with Gasteiger partial charge in [-0.2, -0.15) is 0 Å². The fourth-order valence-corrected chi connectivity index (χ4v) is 5.11. The quantitative estimate of drug-likeness (QED) is 0.297. The number of hydrogen-bond acceptors (Lipinski definition) is 5. The van der Waals surface area contributed by atoms with E-state index in [0.29, 0.717) is 54.2 Å². The molecule has 0 radical (unpaired) electrons. The van der Waals surface area contributed by atoms with E-state index in [1.165, 1.54) is 25.8 Å². The van der Waals surface area contributed by atoms with Crippen LogP contribution in [0.15, 0.2) is 23.0 Å². The van der Waals surface area contributed by atoms with Crippen molar-refractivity contribution in [2.75, 3.05) is 26.7 Å². The summed E-state index contributed by atoms with van der Waals surface area (Å²) in [5, 5.41) is 3.90. The first-order chi connectivity index (χ1) is 16.5. The van der Waals surface area contributed by atoms with Crippen LogP contribution in [0.25, 0.3) is 21.9 Å². The van der Waals surface area contributed by atoms with Crippen LogP contribution in [0.5, 0.6) is 5.75 Å². The van der Waals surface area contributed by atoms with Crippen LogP contribution in [0.3, 0.4) is 0 Å². The lowest BCUT2D eigenvalue weighted by Crippen LogP contribution is -2.39. The third-order valence-corrected chi connectivity index (χ3v) is 7.18. The number of carbonyl (C=O) groups is 1. The van der Waals surface area contributed by atoms with Gasteiger partial charge in [0.05, 0.1) is 12.6 Å². The monoisotopic (exact) mass is 485 g/mol. The largest absolute Gasteiger partial charge is 0.497 e. The Balaban J connectivity index is 1.26. The van der Waals surface area contributed by atoms with Gasteiger partial charge in [0.15, 0.2) is 4.77 Å². The number of rotatable bonds is 10. The molecular weight excluding hydrogens is 450 g/mol. The minimum atomic E-state index is -0.148. The summed E-state index contributed by atoms with van der Waals surface area (Å²) in [6, 6.07) is 6.28. The summed E-state index contributed by atoms with van der Waals surface area (Å²) >= 11 is 5.47. The van der Waals surface area contributed by atoms with E-state index in [4.69, 9.17) is 17.0 Å². The van der Waals surface area contributed by atoms with Crippen molar-refractivity contribution in [3.05, 3.63) is 33.3 Å². The van der Waals surface area contributed by atoms with Gasteiger partial charge in [0.2, 0.25) is 5.91 Å². The van der Waals surface area contributed by atoms with E-state index in [9.17, 15) is 9.59 Å². The van der Waals surface area contributed by atoms with Crippen molar-refractivity contribution >= 4 is 40.1 Å². The second kappa shape index (κ2) is 11.2. The summed E-state index contributed by atoms with van der Waals surface area (Å²) in [5.41, 5.74) is 1.89. The topological polar surface area (TPSA) is 95.2 Å². The molecular formula is C25H35N5O3S. The molecule has 4 rings (SSSR count). The van der Waals surface area contributed by atoms with Crippen LogP contribution in [0.1, 0.15) is 51.9 Å². The highest BCUT2D eigenvalue weighted by molar-refractivity contribution is 7.71. The third kappa shape index (κ3) is 5.52. The van der Waals surface area contributed by atoms with Crippen LogP contribution in [-0.2, 0) is 11.3 Å². The minimum absolute atomic E-state index is 0.0733. The molecule has 0 saturated carbocycles. The van der Waals surface area contributed by atoms with Crippen molar-refractivity contribution in [3.8, 4) is 5.75 Å². The first-order valence-electron chi connectivity index (χ1n) is 12.3. The van der Waals surface area contributed by atoms with Crippen LogP contribution in [0.4, 0.5) is 0 Å². The van der Waals surface area contributed by atoms with E-state index in [-0.39, 0.29) is 11.5 Å². The summed E-state index contributed by atoms with van der Waals surface area (Å²) in [6.07, 6.45) is 6.74. The van der Waals surface area contributed by atoms with E-state index < -0.39 is 0 Å². The molecule has 34 heavy (non-hydrogen) atoms. The lowest BCUT2D eigenvalue weighted by Gasteiger charge is -2.33. The maximum absolute atomic E-state index is 13.1. The molecule has 9 heteroatoms. The summed E-state index contributed by atoms with van der Waals surface area (Å²) < 4.78 is 7.26. The smallest absolute Gasteiger partial charge is 0.278 e. The van der Waals surface area contributed by atoms with Gasteiger partial charge in [0, 0.05) is 43.0 Å². The Hall–Kier alpha value is -2.65. The van der Waals surface area contributed by atoms with Crippen LogP contribution in [0, 0.1) is 4.77 Å². The Morgan fingerprint density at radius 2 is 2.03 bits per heavy atom. The van der Waals surface area contributed by atoms with Crippen molar-refractivity contribution in [1.29, 1.82) is 0 Å². The standard InChI is InChI=1S/C25H35N5O3S/c1-17-8-3-5-13-29(17)14-7-12-26-21(31)9-4-6-15-30-24(32)23-22(28-25(30)34)19-16-18(33-2)10-11-20(19)27-23/h10-11,16-17,27H,3-9,12-15H2,1-2H3,(H,26,31)(H,28,34)/t17-/m0/s1. The number of fused-ring (bicyclic) bond motifs is 3. The number of methoxy groups -OCH3 is 1. The zero-order valence-corrected chi connectivity index (χ0v) is 20.9. The Kier molecular flexibility index (Phi) is 8.05. The Morgan fingerprint density at radius 3 is 2.82 bits per heavy atom. The number of nitrogens with zero attached hydrogens (tertiary/aromatic N) is 2. The highest BCUT2D eigenvalue weighted by Gasteiger charge is 2.17. The summed E-state index contributed by atoms with van der Waals surface area (Å²) in [4.78, 5) is 34.2. The number of benzene rings is 1. The van der Waals surface area contributed by atoms with Crippen LogP contribution < -0.4 is 15.6 Å². The number of piperidine rings is 1. The maximum atomic E-state index is 13.1. The molecule has 1 aromatic carbocycles. The van der Waals surface area contributed by atoms with Gasteiger partial charge in [0.25, 0.3) is 5.56 Å². The minimum Gasteiger partial charge on any atom is -0.497 e. The molecule has 1 aliphatic rings. The summed E-state index contributed by atoms with van der Waals surface area (Å²) in [5.74, 6) is 0.792. The highest BCUT2D eigenvalue weighted by atomic mass is 32.1. The Labute approximate surface area is 204 Å². The zero-order valence-electron chi connectivity index (χ0n) is 20.1. The summed E-state index contributed by atoms with van der Waals surface area (Å²) in [7, 11) is 1.61. The maximum Gasteiger partial charge on any atom is 0.278 e. The van der Waals surface area contributed by atoms with Crippen LogP contribution in [-0.4, -0.2) is 58.1 Å². The van der Waals surface area contributed by atoms with Gasteiger partial charge in [0.1, 0.15) is 11.3 Å².